The highest BCUT2D eigenvalue weighted by atomic mass is 35.5. The van der Waals surface area contributed by atoms with Crippen molar-refractivity contribution in [3.05, 3.63) is 102 Å². The van der Waals surface area contributed by atoms with Gasteiger partial charge in [0.25, 0.3) is 16.7 Å². The van der Waals surface area contributed by atoms with Crippen molar-refractivity contribution in [2.45, 2.75) is 6.54 Å². The molecule has 0 radical (unpaired) electrons. The van der Waals surface area contributed by atoms with Crippen molar-refractivity contribution in [3.63, 3.8) is 0 Å². The van der Waals surface area contributed by atoms with Crippen LogP contribution in [0.3, 0.4) is 0 Å². The number of methoxy groups -OCH3 is 1. The molecule has 0 bridgehead atoms. The van der Waals surface area contributed by atoms with Gasteiger partial charge in [-0.3, -0.25) is 37.8 Å². The molecular formula is C35H28Cl2N6O9S. The molecule has 0 unspecified atom stereocenters. The largest absolute Gasteiger partial charge is 0.493 e. The Hall–Kier alpha value is -5.71. The Labute approximate surface area is 314 Å². The number of hydrogen-bond acceptors (Lipinski definition) is 11. The van der Waals surface area contributed by atoms with E-state index in [-0.39, 0.29) is 40.1 Å². The normalized spacial score (nSPS) is 14.7. The van der Waals surface area contributed by atoms with E-state index in [1.165, 1.54) is 36.4 Å². The number of anilines is 1. The average molecular weight is 780 g/mol. The molecule has 4 heterocycles. The van der Waals surface area contributed by atoms with Crippen LogP contribution in [0.5, 0.6) is 29.0 Å². The van der Waals surface area contributed by atoms with Crippen LogP contribution >= 0.6 is 35.0 Å². The van der Waals surface area contributed by atoms with Gasteiger partial charge in [0, 0.05) is 35.9 Å². The average Bonchev–Trinajstić information content (AvgIpc) is 3.62. The van der Waals surface area contributed by atoms with Gasteiger partial charge >= 0.3 is 11.7 Å². The molecule has 2 aromatic heterocycles. The number of carbonyl (C=O) groups excluding carboxylic acids is 3. The van der Waals surface area contributed by atoms with Crippen molar-refractivity contribution in [2.75, 3.05) is 32.2 Å². The summed E-state index contributed by atoms with van der Waals surface area (Å²) in [4.78, 5) is 70.4. The van der Waals surface area contributed by atoms with Crippen LogP contribution in [-0.2, 0) is 30.2 Å². The summed E-state index contributed by atoms with van der Waals surface area (Å²) in [6, 6.07) is 14.6. The molecule has 7 rings (SSSR count). The third-order valence-electron chi connectivity index (χ3n) is 8.34. The van der Waals surface area contributed by atoms with Gasteiger partial charge in [-0.15, -0.1) is 0 Å². The maximum absolute atomic E-state index is 13.4. The molecular weight excluding hydrogens is 751 g/mol. The van der Waals surface area contributed by atoms with Crippen molar-refractivity contribution in [2.24, 2.45) is 14.1 Å². The number of thioether (sulfide) groups is 1. The van der Waals surface area contributed by atoms with E-state index in [0.717, 1.165) is 9.47 Å². The second kappa shape index (κ2) is 14.4. The van der Waals surface area contributed by atoms with Crippen LogP contribution in [0.25, 0.3) is 17.2 Å². The number of nitrogens with one attached hydrogen (secondary N) is 1. The number of amides is 3. The van der Waals surface area contributed by atoms with Crippen LogP contribution in [0.4, 0.5) is 10.5 Å². The molecule has 15 nitrogen and oxygen atoms in total. The summed E-state index contributed by atoms with van der Waals surface area (Å²) >= 11 is 13.3. The van der Waals surface area contributed by atoms with Crippen LogP contribution in [0.15, 0.2) is 69.1 Å². The molecule has 1 saturated heterocycles. The van der Waals surface area contributed by atoms with Crippen LogP contribution in [0.2, 0.25) is 10.0 Å². The Morgan fingerprint density at radius 3 is 2.49 bits per heavy atom. The van der Waals surface area contributed by atoms with Gasteiger partial charge in [0.05, 0.1) is 18.6 Å². The van der Waals surface area contributed by atoms with Crippen molar-refractivity contribution in [1.82, 2.24) is 23.6 Å². The maximum Gasteiger partial charge on any atom is 0.332 e. The first-order valence-electron chi connectivity index (χ1n) is 15.8. The third kappa shape index (κ3) is 6.95. The van der Waals surface area contributed by atoms with Gasteiger partial charge in [0.1, 0.15) is 19.8 Å². The molecule has 2 aliphatic rings. The number of aromatic nitrogens is 4. The molecule has 3 aromatic carbocycles. The van der Waals surface area contributed by atoms with Crippen LogP contribution in [-0.4, -0.2) is 67.5 Å². The molecule has 0 atom stereocenters. The van der Waals surface area contributed by atoms with Gasteiger partial charge in [0.15, 0.2) is 34.2 Å². The fourth-order valence-electron chi connectivity index (χ4n) is 5.68. The van der Waals surface area contributed by atoms with E-state index in [2.05, 4.69) is 10.3 Å². The minimum atomic E-state index is -0.640. The highest BCUT2D eigenvalue weighted by Crippen LogP contribution is 2.37. The summed E-state index contributed by atoms with van der Waals surface area (Å²) in [7, 11) is 4.27. The zero-order valence-corrected chi connectivity index (χ0v) is 30.5. The molecule has 3 amide bonds. The first kappa shape index (κ1) is 35.7. The quantitative estimate of drug-likeness (QED) is 0.200. The van der Waals surface area contributed by atoms with E-state index in [4.69, 9.17) is 42.1 Å². The fraction of sp³-hybridized carbons (Fsp3) is 0.200. The van der Waals surface area contributed by atoms with Gasteiger partial charge in [-0.05, 0) is 65.4 Å². The Kier molecular flexibility index (Phi) is 9.67. The number of aryl methyl sites for hydroxylation is 1. The second-order valence-electron chi connectivity index (χ2n) is 11.8. The van der Waals surface area contributed by atoms with Crippen molar-refractivity contribution in [1.29, 1.82) is 0 Å². The number of ether oxygens (including phenoxy) is 4. The Morgan fingerprint density at radius 2 is 1.74 bits per heavy atom. The monoisotopic (exact) mass is 778 g/mol. The smallest absolute Gasteiger partial charge is 0.332 e. The number of halogens is 2. The highest BCUT2D eigenvalue weighted by Gasteiger charge is 2.36. The number of imidazole rings is 1. The lowest BCUT2D eigenvalue weighted by Gasteiger charge is -2.19. The van der Waals surface area contributed by atoms with Gasteiger partial charge in [0.2, 0.25) is 5.91 Å². The molecule has 2 aliphatic heterocycles. The SMILES string of the molecule is COc1cc(C=C2SC(=O)N(CC(=O)Nc3ccc4c(c3)OCCO4)C2=O)ccc1Oc1nc2c(c(=O)n(C)c(=O)n2C)n1Cc1ccc(Cl)cc1Cl. The third-order valence-corrected chi connectivity index (χ3v) is 9.84. The van der Waals surface area contributed by atoms with Crippen LogP contribution in [0.1, 0.15) is 11.1 Å². The van der Waals surface area contributed by atoms with Gasteiger partial charge < -0.3 is 24.3 Å². The Balaban J connectivity index is 1.13. The number of fused-ring (bicyclic) bond motifs is 2. The lowest BCUT2D eigenvalue weighted by Crippen LogP contribution is -2.37. The molecule has 1 N–H and O–H groups in total. The highest BCUT2D eigenvalue weighted by molar-refractivity contribution is 8.18. The zero-order chi connectivity index (χ0) is 37.6. The maximum atomic E-state index is 13.4. The standard InChI is InChI=1S/C35H28Cl2N6O9S/c1-40-30-29(32(46)41(2)34(40)47)42(16-19-5-6-20(36)14-22(19)37)33(39-30)52-24-8-4-18(12-25(24)49-3)13-27-31(45)43(35(48)53-27)17-28(44)38-21-7-9-23-26(15-21)51-11-10-50-23/h4-9,12-15H,10-11,16-17H2,1-3H3,(H,38,44). The van der Waals surface area contributed by atoms with E-state index in [1.807, 2.05) is 0 Å². The summed E-state index contributed by atoms with van der Waals surface area (Å²) in [5.74, 6) is 0.236. The molecule has 5 aromatic rings. The predicted octanol–water partition coefficient (Wildman–Crippen LogP) is 5.04. The molecule has 53 heavy (non-hydrogen) atoms. The molecule has 0 saturated carbocycles. The molecule has 1 fully saturated rings. The molecule has 18 heteroatoms. The number of carbonyl (C=O) groups is 3. The molecule has 0 aliphatic carbocycles. The minimum absolute atomic E-state index is 0.0361. The Bertz CT molecular complexity index is 2510. The lowest BCUT2D eigenvalue weighted by molar-refractivity contribution is -0.127. The number of imide groups is 1. The summed E-state index contributed by atoms with van der Waals surface area (Å²) in [5, 5.41) is 2.84. The van der Waals surface area contributed by atoms with E-state index in [9.17, 15) is 24.0 Å². The molecule has 0 spiro atoms. The number of benzene rings is 3. The molecule has 272 valence electrons. The topological polar surface area (TPSA) is 165 Å². The van der Waals surface area contributed by atoms with E-state index in [1.54, 1.807) is 54.6 Å². The summed E-state index contributed by atoms with van der Waals surface area (Å²) in [5.41, 5.74) is 0.535. The number of rotatable bonds is 9. The predicted molar refractivity (Wildman–Crippen MR) is 198 cm³/mol. The van der Waals surface area contributed by atoms with Crippen molar-refractivity contribution < 1.29 is 33.3 Å². The van der Waals surface area contributed by atoms with E-state index < -0.39 is 34.8 Å². The van der Waals surface area contributed by atoms with Crippen LogP contribution in [0, 0.1) is 0 Å². The van der Waals surface area contributed by atoms with Crippen LogP contribution < -0.4 is 35.5 Å². The first-order valence-corrected chi connectivity index (χ1v) is 17.4. The Morgan fingerprint density at radius 1 is 0.962 bits per heavy atom. The first-order chi connectivity index (χ1) is 25.4. The minimum Gasteiger partial charge on any atom is -0.493 e. The van der Waals surface area contributed by atoms with Gasteiger partial charge in [-0.1, -0.05) is 35.3 Å². The van der Waals surface area contributed by atoms with Gasteiger partial charge in [-0.2, -0.15) is 4.98 Å². The number of hydrogen-bond donors (Lipinski definition) is 1. The zero-order valence-electron chi connectivity index (χ0n) is 28.2. The lowest BCUT2D eigenvalue weighted by atomic mass is 10.2. The summed E-state index contributed by atoms with van der Waals surface area (Å²) < 4.78 is 26.6. The van der Waals surface area contributed by atoms with E-state index >= 15 is 0 Å². The number of nitrogens with zero attached hydrogens (tertiary/aromatic N) is 5. The van der Waals surface area contributed by atoms with Gasteiger partial charge in [-0.25, -0.2) is 4.79 Å². The second-order valence-corrected chi connectivity index (χ2v) is 13.6. The van der Waals surface area contributed by atoms with E-state index in [0.29, 0.717) is 63.3 Å². The summed E-state index contributed by atoms with van der Waals surface area (Å²) in [6.07, 6.45) is 1.49. The van der Waals surface area contributed by atoms with Crippen molar-refractivity contribution >= 4 is 74.9 Å². The fourth-order valence-corrected chi connectivity index (χ4v) is 6.99. The van der Waals surface area contributed by atoms with Crippen molar-refractivity contribution in [3.8, 4) is 29.0 Å². The summed E-state index contributed by atoms with van der Waals surface area (Å²) in [6.45, 7) is 0.350.